The molecule has 2 aliphatic heterocycles. The van der Waals surface area contributed by atoms with Crippen LogP contribution in [-0.4, -0.2) is 73.0 Å². The number of likely N-dealkylation sites (tertiary alicyclic amines) is 1. The van der Waals surface area contributed by atoms with Crippen LogP contribution in [0.5, 0.6) is 0 Å². The van der Waals surface area contributed by atoms with E-state index in [9.17, 15) is 14.0 Å². The number of hydrogen-bond acceptors (Lipinski definition) is 4. The number of nitrogens with zero attached hydrogens (tertiary/aromatic N) is 2. The molecule has 0 radical (unpaired) electrons. The van der Waals surface area contributed by atoms with Gasteiger partial charge in [-0.1, -0.05) is 45.2 Å². The molecular formula is C30H43FN4O2. The molecule has 2 aromatic carbocycles. The number of nitrogens with one attached hydrogen (secondary N) is 2. The Labute approximate surface area is 221 Å². The van der Waals surface area contributed by atoms with E-state index in [0.29, 0.717) is 24.6 Å². The fourth-order valence-corrected chi connectivity index (χ4v) is 5.66. The molecule has 7 heteroatoms. The molecule has 202 valence electrons. The molecule has 4 rings (SSSR count). The van der Waals surface area contributed by atoms with Crippen LogP contribution in [0, 0.1) is 11.7 Å². The van der Waals surface area contributed by atoms with Gasteiger partial charge < -0.3 is 20.4 Å². The van der Waals surface area contributed by atoms with Crippen molar-refractivity contribution in [2.75, 3.05) is 39.3 Å². The van der Waals surface area contributed by atoms with Crippen molar-refractivity contribution in [1.29, 1.82) is 0 Å². The molecule has 2 saturated heterocycles. The average Bonchev–Trinajstić information content (AvgIpc) is 3.07. The van der Waals surface area contributed by atoms with Gasteiger partial charge in [-0.3, -0.25) is 9.59 Å². The molecule has 6 nitrogen and oxygen atoms in total. The van der Waals surface area contributed by atoms with Crippen LogP contribution in [0.4, 0.5) is 4.39 Å². The predicted octanol–water partition coefficient (Wildman–Crippen LogP) is 4.58. The van der Waals surface area contributed by atoms with E-state index in [4.69, 9.17) is 0 Å². The Balaban J connectivity index is 1.40. The summed E-state index contributed by atoms with van der Waals surface area (Å²) in [6.45, 7) is 9.56. The third kappa shape index (κ3) is 7.51. The number of fused-ring (bicyclic) bond motifs is 1. The molecule has 2 heterocycles. The maximum atomic E-state index is 13.6. The van der Waals surface area contributed by atoms with E-state index in [0.717, 1.165) is 62.6 Å². The molecule has 2 N–H and O–H groups in total. The van der Waals surface area contributed by atoms with Crippen LogP contribution in [0.3, 0.4) is 0 Å². The number of carbonyl (C=O) groups is 2. The highest BCUT2D eigenvalue weighted by atomic mass is 19.1. The van der Waals surface area contributed by atoms with Crippen LogP contribution in [0.2, 0.25) is 0 Å². The lowest BCUT2D eigenvalue weighted by atomic mass is 10.0. The summed E-state index contributed by atoms with van der Waals surface area (Å²) in [6, 6.07) is 9.70. The highest BCUT2D eigenvalue weighted by molar-refractivity contribution is 5.98. The second kappa shape index (κ2) is 13.3. The van der Waals surface area contributed by atoms with Gasteiger partial charge in [-0.2, -0.15) is 0 Å². The van der Waals surface area contributed by atoms with E-state index in [2.05, 4.69) is 34.3 Å². The fourth-order valence-electron chi connectivity index (χ4n) is 5.66. The van der Waals surface area contributed by atoms with Crippen molar-refractivity contribution in [3.63, 3.8) is 0 Å². The van der Waals surface area contributed by atoms with Crippen molar-refractivity contribution in [3.8, 4) is 0 Å². The van der Waals surface area contributed by atoms with Gasteiger partial charge in [0, 0.05) is 37.8 Å². The Morgan fingerprint density at radius 2 is 1.78 bits per heavy atom. The van der Waals surface area contributed by atoms with Crippen molar-refractivity contribution < 1.29 is 14.0 Å². The molecule has 0 aliphatic carbocycles. The van der Waals surface area contributed by atoms with Gasteiger partial charge in [0.05, 0.1) is 6.04 Å². The molecule has 2 fully saturated rings. The Morgan fingerprint density at radius 1 is 1.05 bits per heavy atom. The zero-order chi connectivity index (χ0) is 26.2. The summed E-state index contributed by atoms with van der Waals surface area (Å²) in [5.74, 6) is 0.290. The predicted molar refractivity (Wildman–Crippen MR) is 147 cm³/mol. The van der Waals surface area contributed by atoms with Crippen molar-refractivity contribution in [3.05, 3.63) is 47.8 Å². The van der Waals surface area contributed by atoms with Crippen LogP contribution >= 0.6 is 0 Å². The van der Waals surface area contributed by atoms with Gasteiger partial charge in [-0.15, -0.1) is 0 Å². The number of piperidine rings is 1. The van der Waals surface area contributed by atoms with Crippen LogP contribution < -0.4 is 10.6 Å². The molecular weight excluding hydrogens is 467 g/mol. The van der Waals surface area contributed by atoms with Crippen molar-refractivity contribution in [2.45, 2.75) is 70.9 Å². The number of rotatable bonds is 10. The summed E-state index contributed by atoms with van der Waals surface area (Å²) >= 11 is 0. The van der Waals surface area contributed by atoms with Crippen molar-refractivity contribution in [2.24, 2.45) is 5.92 Å². The monoisotopic (exact) mass is 510 g/mol. The quantitative estimate of drug-likeness (QED) is 0.491. The number of halogens is 1. The molecule has 0 aromatic heterocycles. The third-order valence-electron chi connectivity index (χ3n) is 8.18. The zero-order valence-corrected chi connectivity index (χ0v) is 22.5. The highest BCUT2D eigenvalue weighted by Crippen LogP contribution is 2.19. The Kier molecular flexibility index (Phi) is 9.92. The zero-order valence-electron chi connectivity index (χ0n) is 22.5. The van der Waals surface area contributed by atoms with Crippen LogP contribution in [0.1, 0.15) is 69.2 Å². The number of hydrogen-bond donors (Lipinski definition) is 2. The van der Waals surface area contributed by atoms with Crippen LogP contribution in [0.15, 0.2) is 36.4 Å². The molecule has 2 amide bonds. The molecule has 0 unspecified atom stereocenters. The summed E-state index contributed by atoms with van der Waals surface area (Å²) in [5, 5.41) is 8.30. The summed E-state index contributed by atoms with van der Waals surface area (Å²) in [6.07, 6.45) is 7.54. The summed E-state index contributed by atoms with van der Waals surface area (Å²) in [4.78, 5) is 31.1. The van der Waals surface area contributed by atoms with E-state index in [1.807, 2.05) is 0 Å². The fraction of sp³-hybridized carbons (Fsp3) is 0.600. The minimum atomic E-state index is -0.285. The molecule has 37 heavy (non-hydrogen) atoms. The average molecular weight is 511 g/mol. The summed E-state index contributed by atoms with van der Waals surface area (Å²) in [5.41, 5.74) is 0.556. The largest absolute Gasteiger partial charge is 0.350 e. The topological polar surface area (TPSA) is 64.7 Å². The lowest BCUT2D eigenvalue weighted by Gasteiger charge is -2.30. The molecule has 2 atom stereocenters. The standard InChI is InChI=1S/C30H43FN4O2/c1-3-22(4-2)21-35-17-12-27(33-28(30(35)37)13-16-34-14-6-5-7-15-34)20-32-29(36)25-9-8-24-19-26(31)11-10-23(24)18-25/h8-11,18-19,22,27-28,33H,3-7,12-17,20-21H2,1-2H3,(H,32,36)/t27-,28-/m0/s1. The lowest BCUT2D eigenvalue weighted by molar-refractivity contribution is -0.133. The van der Waals surface area contributed by atoms with Crippen molar-refractivity contribution in [1.82, 2.24) is 20.4 Å². The van der Waals surface area contributed by atoms with Crippen LogP contribution in [0.25, 0.3) is 10.8 Å². The van der Waals surface area contributed by atoms with E-state index in [1.165, 1.54) is 31.4 Å². The van der Waals surface area contributed by atoms with Gasteiger partial charge in [0.2, 0.25) is 5.91 Å². The first-order valence-corrected chi connectivity index (χ1v) is 14.2. The second-order valence-corrected chi connectivity index (χ2v) is 10.8. The first-order chi connectivity index (χ1) is 18.0. The van der Waals surface area contributed by atoms with Gasteiger partial charge in [0.1, 0.15) is 5.82 Å². The lowest BCUT2D eigenvalue weighted by Crippen LogP contribution is -2.50. The Morgan fingerprint density at radius 3 is 2.54 bits per heavy atom. The normalized spacial score (nSPS) is 21.4. The minimum Gasteiger partial charge on any atom is -0.350 e. The van der Waals surface area contributed by atoms with Crippen LogP contribution in [-0.2, 0) is 4.79 Å². The molecule has 2 aromatic rings. The first kappa shape index (κ1) is 27.5. The third-order valence-corrected chi connectivity index (χ3v) is 8.18. The number of carbonyl (C=O) groups excluding carboxylic acids is 2. The molecule has 0 bridgehead atoms. The van der Waals surface area contributed by atoms with E-state index >= 15 is 0 Å². The summed E-state index contributed by atoms with van der Waals surface area (Å²) in [7, 11) is 0. The Hall–Kier alpha value is -2.51. The first-order valence-electron chi connectivity index (χ1n) is 14.2. The SMILES string of the molecule is CCC(CC)CN1CC[C@@H](CNC(=O)c2ccc3cc(F)ccc3c2)N[C@@H](CCN2CCCCC2)C1=O. The van der Waals surface area contributed by atoms with Gasteiger partial charge >= 0.3 is 0 Å². The minimum absolute atomic E-state index is 0.0283. The number of amides is 2. The smallest absolute Gasteiger partial charge is 0.251 e. The highest BCUT2D eigenvalue weighted by Gasteiger charge is 2.32. The maximum Gasteiger partial charge on any atom is 0.251 e. The van der Waals surface area contributed by atoms with E-state index < -0.39 is 0 Å². The van der Waals surface area contributed by atoms with Gasteiger partial charge in [-0.05, 0) is 79.7 Å². The Bertz CT molecular complexity index is 1050. The van der Waals surface area contributed by atoms with E-state index in [-0.39, 0.29) is 29.7 Å². The summed E-state index contributed by atoms with van der Waals surface area (Å²) < 4.78 is 13.5. The van der Waals surface area contributed by atoms with E-state index in [1.54, 1.807) is 24.3 Å². The molecule has 0 saturated carbocycles. The van der Waals surface area contributed by atoms with Gasteiger partial charge in [-0.25, -0.2) is 4.39 Å². The molecule has 2 aliphatic rings. The molecule has 0 spiro atoms. The van der Waals surface area contributed by atoms with Crippen molar-refractivity contribution >= 4 is 22.6 Å². The second-order valence-electron chi connectivity index (χ2n) is 10.8. The van der Waals surface area contributed by atoms with Gasteiger partial charge in [0.15, 0.2) is 0 Å². The van der Waals surface area contributed by atoms with Gasteiger partial charge in [0.25, 0.3) is 5.91 Å². The maximum absolute atomic E-state index is 13.6. The number of benzene rings is 2.